The van der Waals surface area contributed by atoms with Gasteiger partial charge in [-0.15, -0.1) is 0 Å². The van der Waals surface area contributed by atoms with Gasteiger partial charge in [-0.3, -0.25) is 10.1 Å². The fourth-order valence-corrected chi connectivity index (χ4v) is 1.68. The quantitative estimate of drug-likeness (QED) is 0.753. The molecule has 5 nitrogen and oxygen atoms in total. The molecular formula is C11H8Br2ClN3O2. The highest BCUT2D eigenvalue weighted by Crippen LogP contribution is 2.22. The van der Waals surface area contributed by atoms with Crippen LogP contribution in [-0.4, -0.2) is 22.1 Å². The Kier molecular flexibility index (Phi) is 6.28. The predicted molar refractivity (Wildman–Crippen MR) is 79.8 cm³/mol. The Bertz CT molecular complexity index is 545. The van der Waals surface area contributed by atoms with E-state index in [1.807, 2.05) is 6.07 Å². The zero-order valence-corrected chi connectivity index (χ0v) is 13.3. The molecule has 0 saturated carbocycles. The van der Waals surface area contributed by atoms with Crippen molar-refractivity contribution < 1.29 is 9.59 Å². The molecule has 0 radical (unpaired) electrons. The SMILES string of the molecule is N#Cc1ccc(Cl)c(NC(=O)NC(=O)C(Br)CBr)c1. The second-order valence-corrected chi connectivity index (χ2v) is 5.53. The van der Waals surface area contributed by atoms with Gasteiger partial charge in [0.05, 0.1) is 22.3 Å². The van der Waals surface area contributed by atoms with E-state index in [2.05, 4.69) is 42.5 Å². The largest absolute Gasteiger partial charge is 0.325 e. The lowest BCUT2D eigenvalue weighted by Gasteiger charge is -2.10. The number of amides is 3. The second kappa shape index (κ2) is 7.48. The molecule has 0 saturated heterocycles. The topological polar surface area (TPSA) is 82.0 Å². The van der Waals surface area contributed by atoms with Crippen LogP contribution < -0.4 is 10.6 Å². The molecule has 19 heavy (non-hydrogen) atoms. The predicted octanol–water partition coefficient (Wildman–Crippen LogP) is 3.02. The lowest BCUT2D eigenvalue weighted by molar-refractivity contribution is -0.118. The number of carbonyl (C=O) groups is 2. The number of urea groups is 1. The van der Waals surface area contributed by atoms with Crippen molar-refractivity contribution in [2.24, 2.45) is 0 Å². The summed E-state index contributed by atoms with van der Waals surface area (Å²) in [6, 6.07) is 5.64. The Morgan fingerprint density at radius 2 is 2.16 bits per heavy atom. The van der Waals surface area contributed by atoms with Crippen molar-refractivity contribution in [1.82, 2.24) is 5.32 Å². The summed E-state index contributed by atoms with van der Waals surface area (Å²) >= 11 is 12.1. The number of nitriles is 1. The van der Waals surface area contributed by atoms with E-state index >= 15 is 0 Å². The van der Waals surface area contributed by atoms with Crippen LogP contribution in [0.2, 0.25) is 5.02 Å². The number of alkyl halides is 2. The van der Waals surface area contributed by atoms with Gasteiger partial charge in [-0.25, -0.2) is 4.79 Å². The van der Waals surface area contributed by atoms with E-state index in [4.69, 9.17) is 16.9 Å². The van der Waals surface area contributed by atoms with E-state index in [9.17, 15) is 9.59 Å². The number of anilines is 1. The summed E-state index contributed by atoms with van der Waals surface area (Å²) in [5.41, 5.74) is 0.612. The van der Waals surface area contributed by atoms with Gasteiger partial charge in [0.25, 0.3) is 0 Å². The van der Waals surface area contributed by atoms with Crippen LogP contribution in [0.15, 0.2) is 18.2 Å². The van der Waals surface area contributed by atoms with Crippen molar-refractivity contribution in [3.63, 3.8) is 0 Å². The molecule has 0 aliphatic heterocycles. The molecule has 0 bridgehead atoms. The van der Waals surface area contributed by atoms with Crippen molar-refractivity contribution in [3.8, 4) is 6.07 Å². The van der Waals surface area contributed by atoms with Crippen LogP contribution in [0.1, 0.15) is 5.56 Å². The van der Waals surface area contributed by atoms with Crippen molar-refractivity contribution in [3.05, 3.63) is 28.8 Å². The average Bonchev–Trinajstić information content (AvgIpc) is 2.40. The van der Waals surface area contributed by atoms with Crippen LogP contribution in [0.4, 0.5) is 10.5 Å². The van der Waals surface area contributed by atoms with Crippen molar-refractivity contribution in [2.75, 3.05) is 10.6 Å². The molecule has 1 aromatic rings. The molecule has 1 rings (SSSR count). The van der Waals surface area contributed by atoms with Crippen molar-refractivity contribution in [1.29, 1.82) is 5.26 Å². The van der Waals surface area contributed by atoms with Gasteiger partial charge in [0.15, 0.2) is 0 Å². The Hall–Kier alpha value is -1.10. The normalized spacial score (nSPS) is 11.3. The Labute approximate surface area is 131 Å². The molecule has 1 atom stereocenters. The molecule has 0 spiro atoms. The second-order valence-electron chi connectivity index (χ2n) is 3.37. The van der Waals surface area contributed by atoms with E-state index in [-0.39, 0.29) is 10.7 Å². The highest BCUT2D eigenvalue weighted by molar-refractivity contribution is 9.12. The van der Waals surface area contributed by atoms with Crippen molar-refractivity contribution in [2.45, 2.75) is 4.83 Å². The van der Waals surface area contributed by atoms with Crippen LogP contribution in [0.5, 0.6) is 0 Å². The summed E-state index contributed by atoms with van der Waals surface area (Å²) in [5, 5.41) is 13.9. The number of imide groups is 1. The molecule has 0 aromatic heterocycles. The van der Waals surface area contributed by atoms with E-state index in [1.165, 1.54) is 18.2 Å². The van der Waals surface area contributed by atoms with Gasteiger partial charge in [0, 0.05) is 5.33 Å². The molecule has 0 aliphatic rings. The number of carbonyl (C=O) groups excluding carboxylic acids is 2. The van der Waals surface area contributed by atoms with Gasteiger partial charge < -0.3 is 5.32 Å². The number of halogens is 3. The molecule has 2 N–H and O–H groups in total. The first kappa shape index (κ1) is 16.0. The van der Waals surface area contributed by atoms with Gasteiger partial charge in [0.2, 0.25) is 5.91 Å². The fraction of sp³-hybridized carbons (Fsp3) is 0.182. The maximum atomic E-state index is 11.6. The minimum absolute atomic E-state index is 0.260. The summed E-state index contributed by atoms with van der Waals surface area (Å²) in [7, 11) is 0. The molecule has 3 amide bonds. The zero-order valence-electron chi connectivity index (χ0n) is 9.41. The number of hydrogen-bond donors (Lipinski definition) is 2. The third-order valence-corrected chi connectivity index (χ3v) is 4.59. The number of nitrogens with one attached hydrogen (secondary N) is 2. The smallest absolute Gasteiger partial charge is 0.306 e. The number of hydrogen-bond acceptors (Lipinski definition) is 3. The van der Waals surface area contributed by atoms with E-state index in [1.54, 1.807) is 0 Å². The Balaban J connectivity index is 2.72. The molecule has 0 fully saturated rings. The maximum Gasteiger partial charge on any atom is 0.325 e. The highest BCUT2D eigenvalue weighted by atomic mass is 79.9. The average molecular weight is 409 g/mol. The lowest BCUT2D eigenvalue weighted by Crippen LogP contribution is -2.39. The van der Waals surface area contributed by atoms with Crippen molar-refractivity contribution >= 4 is 61.1 Å². The molecule has 1 aromatic carbocycles. The molecule has 8 heteroatoms. The summed E-state index contributed by atoms with van der Waals surface area (Å²) < 4.78 is 0. The summed E-state index contributed by atoms with van der Waals surface area (Å²) in [6.07, 6.45) is 0. The van der Waals surface area contributed by atoms with Crippen LogP contribution in [0.3, 0.4) is 0 Å². The van der Waals surface area contributed by atoms with E-state index in [0.29, 0.717) is 10.9 Å². The van der Waals surface area contributed by atoms with E-state index < -0.39 is 16.8 Å². The molecular weight excluding hydrogens is 401 g/mol. The van der Waals surface area contributed by atoms with Crippen LogP contribution in [-0.2, 0) is 4.79 Å². The van der Waals surface area contributed by atoms with Gasteiger partial charge in [-0.2, -0.15) is 5.26 Å². The van der Waals surface area contributed by atoms with Gasteiger partial charge in [0.1, 0.15) is 4.83 Å². The minimum Gasteiger partial charge on any atom is -0.306 e. The third-order valence-electron chi connectivity index (χ3n) is 2.00. The molecule has 100 valence electrons. The molecule has 0 heterocycles. The van der Waals surface area contributed by atoms with Gasteiger partial charge in [-0.05, 0) is 18.2 Å². The first-order valence-corrected chi connectivity index (χ1v) is 7.41. The van der Waals surface area contributed by atoms with E-state index in [0.717, 1.165) is 0 Å². The molecule has 0 aliphatic carbocycles. The minimum atomic E-state index is -0.715. The monoisotopic (exact) mass is 407 g/mol. The summed E-state index contributed by atoms with van der Waals surface area (Å²) in [5.74, 6) is -0.484. The Morgan fingerprint density at radius 1 is 1.47 bits per heavy atom. The summed E-state index contributed by atoms with van der Waals surface area (Å²) in [6.45, 7) is 0. The first-order valence-electron chi connectivity index (χ1n) is 4.99. The van der Waals surface area contributed by atoms with Crippen LogP contribution in [0, 0.1) is 11.3 Å². The zero-order chi connectivity index (χ0) is 14.4. The summed E-state index contributed by atoms with van der Waals surface area (Å²) in [4.78, 5) is 22.5. The number of rotatable bonds is 3. The Morgan fingerprint density at radius 3 is 2.74 bits per heavy atom. The number of nitrogens with zero attached hydrogens (tertiary/aromatic N) is 1. The molecule has 1 unspecified atom stereocenters. The third kappa shape index (κ3) is 4.82. The standard InChI is InChI=1S/C11H8Br2ClN3O2/c12-4-7(13)10(18)17-11(19)16-9-3-6(5-15)1-2-8(9)14/h1-3,7H,4H2,(H2,16,17,18,19). The first-order chi connectivity index (χ1) is 8.97. The van der Waals surface area contributed by atoms with Crippen LogP contribution >= 0.6 is 43.5 Å². The fourth-order valence-electron chi connectivity index (χ4n) is 1.10. The van der Waals surface area contributed by atoms with Crippen LogP contribution in [0.25, 0.3) is 0 Å². The lowest BCUT2D eigenvalue weighted by atomic mass is 10.2. The van der Waals surface area contributed by atoms with Gasteiger partial charge in [-0.1, -0.05) is 43.5 Å². The number of benzene rings is 1. The highest BCUT2D eigenvalue weighted by Gasteiger charge is 2.16. The maximum absolute atomic E-state index is 11.6. The van der Waals surface area contributed by atoms with Gasteiger partial charge >= 0.3 is 6.03 Å².